The molecule has 0 aliphatic heterocycles. The van der Waals surface area contributed by atoms with Gasteiger partial charge in [0.05, 0.1) is 0 Å². The molecule has 0 N–H and O–H groups in total. The quantitative estimate of drug-likeness (QED) is 0.508. The second-order valence-corrected chi connectivity index (χ2v) is 7.58. The highest BCUT2D eigenvalue weighted by Crippen LogP contribution is 2.55. The van der Waals surface area contributed by atoms with Crippen LogP contribution in [0.2, 0.25) is 0 Å². The summed E-state index contributed by atoms with van der Waals surface area (Å²) in [6.45, 7) is 2.44. The molecule has 0 fully saturated rings. The molecule has 5 rings (SSSR count). The van der Waals surface area contributed by atoms with Gasteiger partial charge in [0.25, 0.3) is 0 Å². The Hall–Kier alpha value is -2.86. The third-order valence-corrected chi connectivity index (χ3v) is 6.29. The first-order chi connectivity index (χ1) is 12.8. The standard InChI is InChI=1S/C26H22/c1-26(21-11-3-2-4-12-21,24-17-15-19-9-5-7-13-22(19)24)25-18-16-20-10-6-8-14-23(20)25/h2-18,24-25H,1H3. The van der Waals surface area contributed by atoms with E-state index in [0.29, 0.717) is 11.8 Å². The molecule has 0 aromatic heterocycles. The van der Waals surface area contributed by atoms with E-state index in [1.54, 1.807) is 0 Å². The van der Waals surface area contributed by atoms with Crippen molar-refractivity contribution in [3.8, 4) is 0 Å². The van der Waals surface area contributed by atoms with Crippen LogP contribution in [0.15, 0.2) is 91.0 Å². The van der Waals surface area contributed by atoms with Crippen molar-refractivity contribution < 1.29 is 0 Å². The van der Waals surface area contributed by atoms with E-state index in [0.717, 1.165) is 0 Å². The van der Waals surface area contributed by atoms with E-state index in [-0.39, 0.29) is 5.41 Å². The van der Waals surface area contributed by atoms with Crippen LogP contribution in [0.3, 0.4) is 0 Å². The molecule has 126 valence electrons. The molecule has 0 saturated carbocycles. The van der Waals surface area contributed by atoms with Crippen molar-refractivity contribution in [2.75, 3.05) is 0 Å². The molecule has 26 heavy (non-hydrogen) atoms. The highest BCUT2D eigenvalue weighted by Gasteiger charge is 2.45. The third-order valence-electron chi connectivity index (χ3n) is 6.29. The maximum Gasteiger partial charge on any atom is 0.0132 e. The second kappa shape index (κ2) is 5.85. The lowest BCUT2D eigenvalue weighted by Gasteiger charge is -2.41. The van der Waals surface area contributed by atoms with Gasteiger partial charge in [0.1, 0.15) is 0 Å². The minimum Gasteiger partial charge on any atom is -0.0755 e. The Morgan fingerprint density at radius 2 is 1.04 bits per heavy atom. The number of hydrogen-bond acceptors (Lipinski definition) is 0. The van der Waals surface area contributed by atoms with Crippen molar-refractivity contribution in [1.29, 1.82) is 0 Å². The molecular formula is C26H22. The molecule has 0 saturated heterocycles. The third kappa shape index (κ3) is 2.15. The Labute approximate surface area is 155 Å². The lowest BCUT2D eigenvalue weighted by atomic mass is 9.61. The fraction of sp³-hybridized carbons (Fsp3) is 0.154. The summed E-state index contributed by atoms with van der Waals surface area (Å²) < 4.78 is 0. The largest absolute Gasteiger partial charge is 0.0755 e. The van der Waals surface area contributed by atoms with E-state index in [2.05, 4.69) is 110 Å². The molecule has 2 aliphatic rings. The van der Waals surface area contributed by atoms with Crippen LogP contribution < -0.4 is 0 Å². The van der Waals surface area contributed by atoms with Crippen molar-refractivity contribution in [2.24, 2.45) is 0 Å². The maximum absolute atomic E-state index is 2.44. The van der Waals surface area contributed by atoms with Gasteiger partial charge in [0.15, 0.2) is 0 Å². The monoisotopic (exact) mass is 334 g/mol. The fourth-order valence-electron chi connectivity index (χ4n) is 4.89. The molecule has 0 spiro atoms. The van der Waals surface area contributed by atoms with Crippen LogP contribution >= 0.6 is 0 Å². The van der Waals surface area contributed by atoms with Gasteiger partial charge < -0.3 is 0 Å². The first-order valence-electron chi connectivity index (χ1n) is 9.38. The van der Waals surface area contributed by atoms with E-state index in [9.17, 15) is 0 Å². The molecule has 0 amide bonds. The van der Waals surface area contributed by atoms with Crippen molar-refractivity contribution >= 4 is 12.2 Å². The molecule has 3 aromatic rings. The summed E-state index contributed by atoms with van der Waals surface area (Å²) in [5.74, 6) is 0.726. The summed E-state index contributed by atoms with van der Waals surface area (Å²) in [4.78, 5) is 0. The van der Waals surface area contributed by atoms with Gasteiger partial charge in [-0.05, 0) is 27.8 Å². The van der Waals surface area contributed by atoms with Gasteiger partial charge in [-0.3, -0.25) is 0 Å². The minimum atomic E-state index is -0.0343. The van der Waals surface area contributed by atoms with Gasteiger partial charge in [-0.15, -0.1) is 0 Å². The zero-order valence-corrected chi connectivity index (χ0v) is 15.0. The van der Waals surface area contributed by atoms with Gasteiger partial charge in [-0.25, -0.2) is 0 Å². The van der Waals surface area contributed by atoms with Gasteiger partial charge in [0.2, 0.25) is 0 Å². The highest BCUT2D eigenvalue weighted by molar-refractivity contribution is 5.68. The van der Waals surface area contributed by atoms with Crippen LogP contribution in [-0.2, 0) is 5.41 Å². The second-order valence-electron chi connectivity index (χ2n) is 7.58. The van der Waals surface area contributed by atoms with Crippen LogP contribution in [0.4, 0.5) is 0 Å². The van der Waals surface area contributed by atoms with Crippen molar-refractivity contribution in [3.63, 3.8) is 0 Å². The van der Waals surface area contributed by atoms with E-state index >= 15 is 0 Å². The molecule has 2 atom stereocenters. The number of hydrogen-bond donors (Lipinski definition) is 0. The van der Waals surface area contributed by atoms with Gasteiger partial charge in [0, 0.05) is 17.3 Å². The van der Waals surface area contributed by atoms with Crippen LogP contribution in [0.25, 0.3) is 12.2 Å². The fourth-order valence-corrected chi connectivity index (χ4v) is 4.89. The van der Waals surface area contributed by atoms with E-state index in [1.807, 2.05) is 0 Å². The average molecular weight is 334 g/mol. The summed E-state index contributed by atoms with van der Waals surface area (Å²) in [6.07, 6.45) is 9.41. The Morgan fingerprint density at radius 1 is 0.577 bits per heavy atom. The molecule has 2 unspecified atom stereocenters. The van der Waals surface area contributed by atoms with Gasteiger partial charge >= 0.3 is 0 Å². The van der Waals surface area contributed by atoms with Crippen LogP contribution in [0.1, 0.15) is 46.6 Å². The Balaban J connectivity index is 1.72. The molecule has 0 heterocycles. The van der Waals surface area contributed by atoms with Gasteiger partial charge in [-0.2, -0.15) is 0 Å². The highest BCUT2D eigenvalue weighted by atomic mass is 14.5. The molecule has 0 bridgehead atoms. The SMILES string of the molecule is CC(c1ccccc1)(C1C=Cc2ccccc21)C1C=Cc2ccccc21. The lowest BCUT2D eigenvalue weighted by molar-refractivity contribution is 0.387. The normalized spacial score (nSPS) is 22.0. The zero-order chi connectivity index (χ0) is 17.6. The van der Waals surface area contributed by atoms with Crippen LogP contribution in [0.5, 0.6) is 0 Å². The first-order valence-corrected chi connectivity index (χ1v) is 9.38. The van der Waals surface area contributed by atoms with E-state index < -0.39 is 0 Å². The zero-order valence-electron chi connectivity index (χ0n) is 15.0. The lowest BCUT2D eigenvalue weighted by Crippen LogP contribution is -2.34. The van der Waals surface area contributed by atoms with E-state index in [1.165, 1.54) is 27.8 Å². The van der Waals surface area contributed by atoms with Crippen LogP contribution in [-0.4, -0.2) is 0 Å². The maximum atomic E-state index is 2.44. The predicted octanol–water partition coefficient (Wildman–Crippen LogP) is 6.57. The average Bonchev–Trinajstić information content (AvgIpc) is 3.33. The number of benzene rings is 3. The molecule has 2 aliphatic carbocycles. The predicted molar refractivity (Wildman–Crippen MR) is 110 cm³/mol. The van der Waals surface area contributed by atoms with Gasteiger partial charge in [-0.1, -0.05) is 110 Å². The Kier molecular flexibility index (Phi) is 3.46. The molecule has 0 radical (unpaired) electrons. The molecular weight excluding hydrogens is 312 g/mol. The first kappa shape index (κ1) is 15.4. The number of rotatable bonds is 3. The van der Waals surface area contributed by atoms with Crippen LogP contribution in [0, 0.1) is 0 Å². The molecule has 0 nitrogen and oxygen atoms in total. The van der Waals surface area contributed by atoms with Crippen molar-refractivity contribution in [3.05, 3.63) is 119 Å². The smallest absolute Gasteiger partial charge is 0.0132 e. The minimum absolute atomic E-state index is 0.0343. The van der Waals surface area contributed by atoms with Crippen molar-refractivity contribution in [2.45, 2.75) is 24.2 Å². The van der Waals surface area contributed by atoms with E-state index in [4.69, 9.17) is 0 Å². The number of fused-ring (bicyclic) bond motifs is 2. The molecule has 0 heteroatoms. The topological polar surface area (TPSA) is 0 Å². The summed E-state index contributed by atoms with van der Waals surface area (Å²) in [6, 6.07) is 28.7. The van der Waals surface area contributed by atoms with Crippen molar-refractivity contribution in [1.82, 2.24) is 0 Å². The summed E-state index contributed by atoms with van der Waals surface area (Å²) in [5.41, 5.74) is 6.96. The molecule has 3 aromatic carbocycles. The number of allylic oxidation sites excluding steroid dienone is 2. The Morgan fingerprint density at radius 3 is 1.58 bits per heavy atom. The summed E-state index contributed by atoms with van der Waals surface area (Å²) in [7, 11) is 0. The summed E-state index contributed by atoms with van der Waals surface area (Å²) in [5, 5.41) is 0. The Bertz CT molecular complexity index is 945. The summed E-state index contributed by atoms with van der Waals surface area (Å²) >= 11 is 0.